The molecule has 2 heterocycles. The van der Waals surface area contributed by atoms with Gasteiger partial charge >= 0.3 is 0 Å². The fraction of sp³-hybridized carbons (Fsp3) is 0.769. The van der Waals surface area contributed by atoms with Crippen LogP contribution in [0.1, 0.15) is 38.2 Å². The Hall–Kier alpha value is -0.920. The lowest BCUT2D eigenvalue weighted by molar-refractivity contribution is 0.449. The van der Waals surface area contributed by atoms with Crippen LogP contribution in [0.5, 0.6) is 0 Å². The van der Waals surface area contributed by atoms with Crippen LogP contribution in [0, 0.1) is 5.92 Å². The quantitative estimate of drug-likeness (QED) is 0.824. The van der Waals surface area contributed by atoms with Crippen molar-refractivity contribution in [3.63, 3.8) is 0 Å². The molecular weight excluding hydrogens is 276 g/mol. The number of hydrogen-bond acceptors (Lipinski definition) is 4. The lowest BCUT2D eigenvalue weighted by atomic mass is 10.1. The van der Waals surface area contributed by atoms with E-state index in [4.69, 9.17) is 0 Å². The highest BCUT2D eigenvalue weighted by Crippen LogP contribution is 2.27. The van der Waals surface area contributed by atoms with Gasteiger partial charge in [0.2, 0.25) is 0 Å². The second kappa shape index (κ2) is 5.46. The summed E-state index contributed by atoms with van der Waals surface area (Å²) in [6.07, 6.45) is 5.98. The highest BCUT2D eigenvalue weighted by molar-refractivity contribution is 7.89. The molecule has 0 amide bonds. The molecule has 1 unspecified atom stereocenters. The molecule has 2 N–H and O–H groups in total. The van der Waals surface area contributed by atoms with Gasteiger partial charge in [0.05, 0.1) is 6.20 Å². The molecule has 2 aliphatic rings. The van der Waals surface area contributed by atoms with Crippen molar-refractivity contribution in [2.75, 3.05) is 13.1 Å². The number of nitrogens with one attached hydrogen (secondary N) is 2. The molecule has 1 aromatic heterocycles. The van der Waals surface area contributed by atoms with Crippen molar-refractivity contribution >= 4 is 10.0 Å². The Labute approximate surface area is 120 Å². The van der Waals surface area contributed by atoms with Crippen LogP contribution >= 0.6 is 0 Å². The minimum Gasteiger partial charge on any atom is -0.310 e. The van der Waals surface area contributed by atoms with Gasteiger partial charge in [-0.05, 0) is 25.2 Å². The summed E-state index contributed by atoms with van der Waals surface area (Å²) in [7, 11) is -3.42. The predicted molar refractivity (Wildman–Crippen MR) is 75.6 cm³/mol. The maximum absolute atomic E-state index is 12.7. The lowest BCUT2D eigenvalue weighted by Gasteiger charge is -2.16. The molecular formula is C13H22N4O2S. The minimum atomic E-state index is -3.42. The van der Waals surface area contributed by atoms with Crippen LogP contribution < -0.4 is 5.32 Å². The van der Waals surface area contributed by atoms with E-state index < -0.39 is 10.0 Å². The normalized spacial score (nSPS) is 24.4. The molecule has 20 heavy (non-hydrogen) atoms. The number of nitrogens with zero attached hydrogens (tertiary/aromatic N) is 2. The highest BCUT2D eigenvalue weighted by atomic mass is 32.2. The SMILES string of the molecule is CCC1CCN(S(=O)(=O)c2[nH]ncc2CNC2CC2)C1. The standard InChI is InChI=1S/C13H22N4O2S/c1-2-10-5-6-17(9-10)20(18,19)13-11(8-15-16-13)7-14-12-3-4-12/h8,10,12,14H,2-7,9H2,1H3,(H,15,16). The maximum atomic E-state index is 12.7. The van der Waals surface area contributed by atoms with Gasteiger partial charge in [-0.15, -0.1) is 0 Å². The van der Waals surface area contributed by atoms with E-state index in [1.54, 1.807) is 10.5 Å². The molecule has 1 aliphatic carbocycles. The number of H-pyrrole nitrogens is 1. The van der Waals surface area contributed by atoms with Crippen LogP contribution in [-0.2, 0) is 16.6 Å². The summed E-state index contributed by atoms with van der Waals surface area (Å²) < 4.78 is 26.9. The van der Waals surface area contributed by atoms with Crippen molar-refractivity contribution in [3.05, 3.63) is 11.8 Å². The molecule has 6 nitrogen and oxygen atoms in total. The van der Waals surface area contributed by atoms with Gasteiger partial charge in [-0.1, -0.05) is 13.3 Å². The van der Waals surface area contributed by atoms with E-state index in [0.717, 1.165) is 18.4 Å². The van der Waals surface area contributed by atoms with E-state index in [2.05, 4.69) is 22.4 Å². The number of aromatic amines is 1. The molecule has 0 bridgehead atoms. The summed E-state index contributed by atoms with van der Waals surface area (Å²) in [5.41, 5.74) is 0.747. The third kappa shape index (κ3) is 2.75. The number of hydrogen-bond donors (Lipinski definition) is 2. The zero-order valence-corrected chi connectivity index (χ0v) is 12.6. The van der Waals surface area contributed by atoms with Gasteiger partial charge in [0.15, 0.2) is 5.03 Å². The average molecular weight is 298 g/mol. The first-order valence-corrected chi connectivity index (χ1v) is 8.81. The van der Waals surface area contributed by atoms with Crippen molar-refractivity contribution < 1.29 is 8.42 Å². The fourth-order valence-corrected chi connectivity index (χ4v) is 4.30. The zero-order chi connectivity index (χ0) is 14.2. The summed E-state index contributed by atoms with van der Waals surface area (Å²) in [4.78, 5) is 0. The van der Waals surface area contributed by atoms with E-state index >= 15 is 0 Å². The van der Waals surface area contributed by atoms with Crippen molar-refractivity contribution in [3.8, 4) is 0 Å². The number of aromatic nitrogens is 2. The molecule has 0 aromatic carbocycles. The van der Waals surface area contributed by atoms with Crippen molar-refractivity contribution in [1.29, 1.82) is 0 Å². The molecule has 1 saturated carbocycles. The highest BCUT2D eigenvalue weighted by Gasteiger charge is 2.34. The molecule has 1 atom stereocenters. The molecule has 3 rings (SSSR count). The molecule has 112 valence electrons. The molecule has 0 radical (unpaired) electrons. The minimum absolute atomic E-state index is 0.266. The molecule has 1 aromatic rings. The number of sulfonamides is 1. The van der Waals surface area contributed by atoms with Gasteiger partial charge in [0, 0.05) is 31.2 Å². The van der Waals surface area contributed by atoms with Gasteiger partial charge in [-0.25, -0.2) is 8.42 Å². The molecule has 1 saturated heterocycles. The first-order valence-electron chi connectivity index (χ1n) is 7.37. The van der Waals surface area contributed by atoms with Gasteiger partial charge in [-0.2, -0.15) is 9.40 Å². The molecule has 1 aliphatic heterocycles. The first-order chi connectivity index (χ1) is 9.61. The van der Waals surface area contributed by atoms with E-state index in [9.17, 15) is 8.42 Å². The fourth-order valence-electron chi connectivity index (χ4n) is 2.67. The lowest BCUT2D eigenvalue weighted by Crippen LogP contribution is -2.30. The van der Waals surface area contributed by atoms with Gasteiger partial charge < -0.3 is 5.32 Å². The Kier molecular flexibility index (Phi) is 3.83. The summed E-state index contributed by atoms with van der Waals surface area (Å²) in [5.74, 6) is 0.487. The Morgan fingerprint density at radius 2 is 2.25 bits per heavy atom. The first kappa shape index (κ1) is 14.0. The van der Waals surface area contributed by atoms with Crippen LogP contribution in [0.3, 0.4) is 0 Å². The van der Waals surface area contributed by atoms with Crippen molar-refractivity contribution in [2.24, 2.45) is 5.92 Å². The Bertz CT molecular complexity index is 565. The van der Waals surface area contributed by atoms with Crippen LogP contribution in [0.25, 0.3) is 0 Å². The largest absolute Gasteiger partial charge is 0.310 e. The second-order valence-electron chi connectivity index (χ2n) is 5.81. The van der Waals surface area contributed by atoms with Gasteiger partial charge in [0.25, 0.3) is 10.0 Å². The van der Waals surface area contributed by atoms with E-state index in [1.807, 2.05) is 0 Å². The molecule has 0 spiro atoms. The van der Waals surface area contributed by atoms with Crippen LogP contribution in [-0.4, -0.2) is 42.1 Å². The third-order valence-corrected chi connectivity index (χ3v) is 6.14. The molecule has 7 heteroatoms. The third-order valence-electron chi connectivity index (χ3n) is 4.26. The monoisotopic (exact) mass is 298 g/mol. The zero-order valence-electron chi connectivity index (χ0n) is 11.8. The average Bonchev–Trinajstić information content (AvgIpc) is 2.96. The topological polar surface area (TPSA) is 78.1 Å². The van der Waals surface area contributed by atoms with Crippen LogP contribution in [0.15, 0.2) is 11.2 Å². The van der Waals surface area contributed by atoms with Crippen molar-refractivity contribution in [1.82, 2.24) is 19.8 Å². The Morgan fingerprint density at radius 3 is 2.90 bits per heavy atom. The van der Waals surface area contributed by atoms with E-state index in [-0.39, 0.29) is 5.03 Å². The Morgan fingerprint density at radius 1 is 1.45 bits per heavy atom. The van der Waals surface area contributed by atoms with Crippen molar-refractivity contribution in [2.45, 2.75) is 50.2 Å². The summed E-state index contributed by atoms with van der Waals surface area (Å²) >= 11 is 0. The maximum Gasteiger partial charge on any atom is 0.260 e. The van der Waals surface area contributed by atoms with Gasteiger partial charge in [-0.3, -0.25) is 5.10 Å². The van der Waals surface area contributed by atoms with E-state index in [0.29, 0.717) is 31.6 Å². The summed E-state index contributed by atoms with van der Waals surface area (Å²) in [6.45, 7) is 3.94. The van der Waals surface area contributed by atoms with E-state index in [1.165, 1.54) is 12.8 Å². The number of rotatable bonds is 6. The Balaban J connectivity index is 1.75. The second-order valence-corrected chi connectivity index (χ2v) is 7.68. The summed E-state index contributed by atoms with van der Waals surface area (Å²) in [5, 5.41) is 10.2. The smallest absolute Gasteiger partial charge is 0.260 e. The molecule has 2 fully saturated rings. The van der Waals surface area contributed by atoms with Crippen LogP contribution in [0.2, 0.25) is 0 Å². The predicted octanol–water partition coefficient (Wildman–Crippen LogP) is 1.08. The van der Waals surface area contributed by atoms with Crippen LogP contribution in [0.4, 0.5) is 0 Å². The van der Waals surface area contributed by atoms with Gasteiger partial charge in [0.1, 0.15) is 0 Å². The summed E-state index contributed by atoms with van der Waals surface area (Å²) in [6, 6.07) is 0.553.